The van der Waals surface area contributed by atoms with Crippen LogP contribution in [0, 0.1) is 17.8 Å². The number of rotatable bonds is 5. The summed E-state index contributed by atoms with van der Waals surface area (Å²) in [6.45, 7) is 11.6. The summed E-state index contributed by atoms with van der Waals surface area (Å²) < 4.78 is 5.27. The van der Waals surface area contributed by atoms with E-state index >= 15 is 0 Å². The van der Waals surface area contributed by atoms with Gasteiger partial charge in [-0.3, -0.25) is 9.69 Å². The highest BCUT2D eigenvalue weighted by Crippen LogP contribution is 2.54. The Morgan fingerprint density at radius 2 is 1.63 bits per heavy atom. The van der Waals surface area contributed by atoms with E-state index in [4.69, 9.17) is 4.74 Å². The van der Waals surface area contributed by atoms with Crippen molar-refractivity contribution in [3.63, 3.8) is 0 Å². The lowest BCUT2D eigenvalue weighted by Crippen LogP contribution is -2.53. The number of hydrogen-bond donors (Lipinski definition) is 0. The van der Waals surface area contributed by atoms with Crippen molar-refractivity contribution in [3.05, 3.63) is 0 Å². The van der Waals surface area contributed by atoms with E-state index < -0.39 is 0 Å². The molecule has 3 heterocycles. The SMILES string of the molecule is CCOC(=O)N1C2CCC1CC(N1C[C@@H]3C(C(=O)N(CC)C(C)C)[C@@H]3C1)C2. The largest absolute Gasteiger partial charge is 0.450 e. The number of carbonyl (C=O) groups excluding carboxylic acids is 2. The molecule has 4 rings (SSSR count). The number of ether oxygens (including phenoxy) is 1. The number of fused-ring (bicyclic) bond motifs is 3. The fourth-order valence-electron chi connectivity index (χ4n) is 6.13. The molecule has 0 N–H and O–H groups in total. The highest BCUT2D eigenvalue weighted by molar-refractivity contribution is 5.83. The summed E-state index contributed by atoms with van der Waals surface area (Å²) in [7, 11) is 0. The summed E-state index contributed by atoms with van der Waals surface area (Å²) in [5.74, 6) is 1.76. The molecule has 2 bridgehead atoms. The van der Waals surface area contributed by atoms with E-state index in [9.17, 15) is 9.59 Å². The minimum atomic E-state index is -0.119. The van der Waals surface area contributed by atoms with Crippen LogP contribution < -0.4 is 0 Å². The highest BCUT2D eigenvalue weighted by atomic mass is 16.6. The third-order valence-electron chi connectivity index (χ3n) is 7.46. The van der Waals surface area contributed by atoms with E-state index in [-0.39, 0.29) is 12.0 Å². The molecule has 3 saturated heterocycles. The van der Waals surface area contributed by atoms with E-state index in [2.05, 4.69) is 25.7 Å². The second-order valence-electron chi connectivity index (χ2n) is 9.14. The predicted molar refractivity (Wildman–Crippen MR) is 103 cm³/mol. The van der Waals surface area contributed by atoms with Gasteiger partial charge in [0, 0.05) is 49.7 Å². The summed E-state index contributed by atoms with van der Waals surface area (Å²) in [6.07, 6.45) is 4.25. The summed E-state index contributed by atoms with van der Waals surface area (Å²) >= 11 is 0. The lowest BCUT2D eigenvalue weighted by molar-refractivity contribution is -0.135. The quantitative estimate of drug-likeness (QED) is 0.739. The van der Waals surface area contributed by atoms with Gasteiger partial charge in [0.1, 0.15) is 0 Å². The minimum Gasteiger partial charge on any atom is -0.450 e. The molecule has 5 atom stereocenters. The van der Waals surface area contributed by atoms with Gasteiger partial charge in [-0.05, 0) is 65.2 Å². The van der Waals surface area contributed by atoms with Crippen molar-refractivity contribution < 1.29 is 14.3 Å². The Morgan fingerprint density at radius 1 is 1.04 bits per heavy atom. The molecular weight excluding hydrogens is 342 g/mol. The van der Waals surface area contributed by atoms with Gasteiger partial charge in [-0.25, -0.2) is 4.79 Å². The van der Waals surface area contributed by atoms with E-state index in [1.165, 1.54) is 0 Å². The molecule has 3 unspecified atom stereocenters. The Labute approximate surface area is 163 Å². The molecule has 1 saturated carbocycles. The number of nitrogens with zero attached hydrogens (tertiary/aromatic N) is 3. The van der Waals surface area contributed by atoms with Crippen LogP contribution in [-0.2, 0) is 9.53 Å². The van der Waals surface area contributed by atoms with Gasteiger partial charge in [0.25, 0.3) is 0 Å². The first kappa shape index (κ1) is 19.0. The fourth-order valence-corrected chi connectivity index (χ4v) is 6.13. The molecule has 6 nitrogen and oxygen atoms in total. The van der Waals surface area contributed by atoms with Crippen molar-refractivity contribution in [2.24, 2.45) is 17.8 Å². The standard InChI is InChI=1S/C21H35N3O3/c1-5-23(13(3)4)20(25)19-17-11-22(12-18(17)19)16-9-14-7-8-15(10-16)24(14)21(26)27-6-2/h13-19H,5-12H2,1-4H3/t14?,15?,16?,17-,18+,19?. The van der Waals surface area contributed by atoms with Crippen molar-refractivity contribution in [1.82, 2.24) is 14.7 Å². The average molecular weight is 378 g/mol. The maximum atomic E-state index is 12.8. The Balaban J connectivity index is 1.32. The monoisotopic (exact) mass is 377 g/mol. The third kappa shape index (κ3) is 3.24. The van der Waals surface area contributed by atoms with E-state index in [0.717, 1.165) is 45.3 Å². The van der Waals surface area contributed by atoms with Gasteiger partial charge in [0.05, 0.1) is 6.61 Å². The van der Waals surface area contributed by atoms with Gasteiger partial charge >= 0.3 is 6.09 Å². The third-order valence-corrected chi connectivity index (χ3v) is 7.46. The van der Waals surface area contributed by atoms with Gasteiger partial charge in [0.2, 0.25) is 5.91 Å². The van der Waals surface area contributed by atoms with Crippen molar-refractivity contribution in [2.45, 2.75) is 77.5 Å². The predicted octanol–water partition coefficient (Wildman–Crippen LogP) is 2.57. The first-order chi connectivity index (χ1) is 13.0. The smallest absolute Gasteiger partial charge is 0.410 e. The van der Waals surface area contributed by atoms with Crippen LogP contribution in [0.2, 0.25) is 0 Å². The first-order valence-corrected chi connectivity index (χ1v) is 11.0. The zero-order valence-corrected chi connectivity index (χ0v) is 17.3. The topological polar surface area (TPSA) is 53.1 Å². The zero-order chi connectivity index (χ0) is 19.3. The Bertz CT molecular complexity index is 569. The van der Waals surface area contributed by atoms with Crippen LogP contribution in [0.1, 0.15) is 53.4 Å². The normalized spacial score (nSPS) is 37.4. The van der Waals surface area contributed by atoms with Gasteiger partial charge in [0.15, 0.2) is 0 Å². The molecule has 0 aromatic rings. The van der Waals surface area contributed by atoms with Crippen molar-refractivity contribution in [1.29, 1.82) is 0 Å². The second kappa shape index (κ2) is 7.26. The Morgan fingerprint density at radius 3 is 2.11 bits per heavy atom. The van der Waals surface area contributed by atoms with Crippen molar-refractivity contribution in [3.8, 4) is 0 Å². The van der Waals surface area contributed by atoms with Crippen LogP contribution in [-0.4, -0.2) is 77.1 Å². The molecule has 4 aliphatic rings. The fraction of sp³-hybridized carbons (Fsp3) is 0.905. The van der Waals surface area contributed by atoms with Crippen molar-refractivity contribution in [2.75, 3.05) is 26.2 Å². The van der Waals surface area contributed by atoms with Gasteiger partial charge < -0.3 is 14.5 Å². The number of hydrogen-bond acceptors (Lipinski definition) is 4. The molecule has 0 radical (unpaired) electrons. The lowest BCUT2D eigenvalue weighted by Gasteiger charge is -2.42. The molecular formula is C21H35N3O3. The maximum Gasteiger partial charge on any atom is 0.410 e. The second-order valence-corrected chi connectivity index (χ2v) is 9.14. The Kier molecular flexibility index (Phi) is 5.12. The summed E-state index contributed by atoms with van der Waals surface area (Å²) in [5, 5.41) is 0. The molecule has 2 amide bonds. The Hall–Kier alpha value is -1.30. The minimum absolute atomic E-state index is 0.119. The van der Waals surface area contributed by atoms with Crippen LogP contribution >= 0.6 is 0 Å². The van der Waals surface area contributed by atoms with Crippen molar-refractivity contribution >= 4 is 12.0 Å². The first-order valence-electron chi connectivity index (χ1n) is 11.0. The molecule has 6 heteroatoms. The van der Waals surface area contributed by atoms with Gasteiger partial charge in [-0.1, -0.05) is 0 Å². The maximum absolute atomic E-state index is 12.8. The summed E-state index contributed by atoms with van der Waals surface area (Å²) in [5.41, 5.74) is 0. The van der Waals surface area contributed by atoms with Crippen LogP contribution in [0.4, 0.5) is 4.79 Å². The molecule has 0 aromatic heterocycles. The van der Waals surface area contributed by atoms with Crippen LogP contribution in [0.25, 0.3) is 0 Å². The van der Waals surface area contributed by atoms with Crippen LogP contribution in [0.15, 0.2) is 0 Å². The highest BCUT2D eigenvalue weighted by Gasteiger charge is 2.61. The molecule has 4 fully saturated rings. The molecule has 152 valence electrons. The molecule has 3 aliphatic heterocycles. The lowest BCUT2D eigenvalue weighted by atomic mass is 9.96. The number of likely N-dealkylation sites (tertiary alicyclic amines) is 1. The summed E-state index contributed by atoms with van der Waals surface area (Å²) in [4.78, 5) is 31.8. The molecule has 27 heavy (non-hydrogen) atoms. The van der Waals surface area contributed by atoms with Crippen LogP contribution in [0.5, 0.6) is 0 Å². The number of amides is 2. The van der Waals surface area contributed by atoms with E-state index in [1.807, 2.05) is 16.7 Å². The average Bonchev–Trinajstić information content (AvgIpc) is 2.99. The molecule has 0 aromatic carbocycles. The van der Waals surface area contributed by atoms with Gasteiger partial charge in [-0.2, -0.15) is 0 Å². The molecule has 0 spiro atoms. The van der Waals surface area contributed by atoms with E-state index in [1.54, 1.807) is 0 Å². The van der Waals surface area contributed by atoms with Gasteiger partial charge in [-0.15, -0.1) is 0 Å². The summed E-state index contributed by atoms with van der Waals surface area (Å²) in [6, 6.07) is 1.56. The number of piperidine rings is 2. The van der Waals surface area contributed by atoms with Crippen LogP contribution in [0.3, 0.4) is 0 Å². The van der Waals surface area contributed by atoms with E-state index in [0.29, 0.717) is 48.5 Å². The zero-order valence-electron chi connectivity index (χ0n) is 17.3. The number of carbonyl (C=O) groups is 2. The molecule has 1 aliphatic carbocycles.